The Bertz CT molecular complexity index is 621. The molecule has 0 atom stereocenters. The molecule has 1 radical (unpaired) electrons. The third kappa shape index (κ3) is 3.34. The number of halogens is 1. The van der Waals surface area contributed by atoms with Crippen molar-refractivity contribution in [3.63, 3.8) is 0 Å². The molecular formula is C14H12ClO2S. The zero-order valence-electron chi connectivity index (χ0n) is 9.64. The lowest BCUT2D eigenvalue weighted by atomic mass is 10.2. The Balaban J connectivity index is 2.11. The normalized spacial score (nSPS) is 11.4. The van der Waals surface area contributed by atoms with Crippen LogP contribution in [-0.2, 0) is 16.3 Å². The van der Waals surface area contributed by atoms with Crippen LogP contribution in [0.4, 0.5) is 0 Å². The lowest BCUT2D eigenvalue weighted by molar-refractivity contribution is 0.595. The van der Waals surface area contributed by atoms with Crippen LogP contribution in [0.3, 0.4) is 0 Å². The van der Waals surface area contributed by atoms with Gasteiger partial charge in [0.1, 0.15) is 0 Å². The van der Waals surface area contributed by atoms with Crippen LogP contribution in [-0.4, -0.2) is 14.2 Å². The molecular weight excluding hydrogens is 268 g/mol. The van der Waals surface area contributed by atoms with Gasteiger partial charge in [-0.05, 0) is 42.3 Å². The highest BCUT2D eigenvalue weighted by Crippen LogP contribution is 2.14. The van der Waals surface area contributed by atoms with Crippen LogP contribution in [0.25, 0.3) is 0 Å². The van der Waals surface area contributed by atoms with Crippen molar-refractivity contribution in [1.29, 1.82) is 0 Å². The van der Waals surface area contributed by atoms with E-state index in [-0.39, 0.29) is 5.75 Å². The fourth-order valence-corrected chi connectivity index (χ4v) is 3.11. The molecule has 0 aromatic heterocycles. The van der Waals surface area contributed by atoms with Crippen LogP contribution in [0, 0.1) is 6.07 Å². The fourth-order valence-electron chi connectivity index (χ4n) is 1.62. The third-order valence-electron chi connectivity index (χ3n) is 2.57. The van der Waals surface area contributed by atoms with Gasteiger partial charge in [0.25, 0.3) is 0 Å². The average molecular weight is 280 g/mol. The van der Waals surface area contributed by atoms with E-state index in [9.17, 15) is 8.42 Å². The molecule has 0 aliphatic heterocycles. The maximum Gasteiger partial charge on any atom is 0.178 e. The van der Waals surface area contributed by atoms with E-state index in [1.54, 1.807) is 48.5 Å². The zero-order valence-corrected chi connectivity index (χ0v) is 11.2. The van der Waals surface area contributed by atoms with Crippen molar-refractivity contribution < 1.29 is 8.42 Å². The van der Waals surface area contributed by atoms with Gasteiger partial charge in [0.2, 0.25) is 0 Å². The van der Waals surface area contributed by atoms with Crippen LogP contribution in [0.1, 0.15) is 5.56 Å². The Morgan fingerprint density at radius 2 is 1.83 bits per heavy atom. The van der Waals surface area contributed by atoms with Crippen molar-refractivity contribution in [2.75, 3.05) is 5.75 Å². The highest BCUT2D eigenvalue weighted by Gasteiger charge is 2.13. The van der Waals surface area contributed by atoms with Crippen LogP contribution in [0.5, 0.6) is 0 Å². The van der Waals surface area contributed by atoms with Gasteiger partial charge in [0.05, 0.1) is 10.6 Å². The Labute approximate surface area is 112 Å². The quantitative estimate of drug-likeness (QED) is 0.861. The van der Waals surface area contributed by atoms with Crippen molar-refractivity contribution in [1.82, 2.24) is 0 Å². The molecule has 0 N–H and O–H groups in total. The van der Waals surface area contributed by atoms with Gasteiger partial charge in [-0.1, -0.05) is 35.9 Å². The number of rotatable bonds is 4. The minimum atomic E-state index is -3.23. The van der Waals surface area contributed by atoms with E-state index >= 15 is 0 Å². The van der Waals surface area contributed by atoms with Gasteiger partial charge in [-0.25, -0.2) is 8.42 Å². The van der Waals surface area contributed by atoms with E-state index in [2.05, 4.69) is 6.07 Å². The molecule has 2 aromatic carbocycles. The number of hydrogen-bond acceptors (Lipinski definition) is 2. The van der Waals surface area contributed by atoms with E-state index in [4.69, 9.17) is 11.6 Å². The second-order valence-corrected chi connectivity index (χ2v) is 6.46. The molecule has 4 heteroatoms. The van der Waals surface area contributed by atoms with Crippen LogP contribution >= 0.6 is 11.6 Å². The van der Waals surface area contributed by atoms with Crippen molar-refractivity contribution in [2.45, 2.75) is 11.3 Å². The smallest absolute Gasteiger partial charge is 0.178 e. The molecule has 0 saturated carbocycles. The van der Waals surface area contributed by atoms with Gasteiger partial charge < -0.3 is 0 Å². The number of aryl methyl sites for hydroxylation is 1. The summed E-state index contributed by atoms with van der Waals surface area (Å²) in [6.45, 7) is 0. The molecule has 93 valence electrons. The second kappa shape index (κ2) is 5.55. The lowest BCUT2D eigenvalue weighted by Gasteiger charge is -2.04. The van der Waals surface area contributed by atoms with E-state index < -0.39 is 9.84 Å². The van der Waals surface area contributed by atoms with Gasteiger partial charge in [0, 0.05) is 5.02 Å². The molecule has 2 rings (SSSR count). The summed E-state index contributed by atoms with van der Waals surface area (Å²) >= 11 is 5.84. The third-order valence-corrected chi connectivity index (χ3v) is 4.53. The predicted molar refractivity (Wildman–Crippen MR) is 72.5 cm³/mol. The lowest BCUT2D eigenvalue weighted by Crippen LogP contribution is -2.09. The summed E-state index contributed by atoms with van der Waals surface area (Å²) in [5.74, 6) is 0.0633. The Kier molecular flexibility index (Phi) is 4.04. The summed E-state index contributed by atoms with van der Waals surface area (Å²) in [4.78, 5) is 0.354. The molecule has 0 heterocycles. The Hall–Kier alpha value is -1.32. The first kappa shape index (κ1) is 13.1. The molecule has 0 aliphatic rings. The molecule has 0 fully saturated rings. The summed E-state index contributed by atoms with van der Waals surface area (Å²) in [6, 6.07) is 16.6. The SMILES string of the molecule is O=S(=O)(CCc1[c]ccc(Cl)c1)c1ccccc1. The topological polar surface area (TPSA) is 34.1 Å². The van der Waals surface area contributed by atoms with Gasteiger partial charge in [0.15, 0.2) is 9.84 Å². The maximum atomic E-state index is 12.0. The Morgan fingerprint density at radius 1 is 1.11 bits per heavy atom. The van der Waals surface area contributed by atoms with Crippen LogP contribution in [0.2, 0.25) is 5.02 Å². The first-order chi connectivity index (χ1) is 8.58. The maximum absolute atomic E-state index is 12.0. The first-order valence-corrected chi connectivity index (χ1v) is 7.55. The molecule has 0 unspecified atom stereocenters. The summed E-state index contributed by atoms with van der Waals surface area (Å²) < 4.78 is 24.1. The highest BCUT2D eigenvalue weighted by atomic mass is 35.5. The van der Waals surface area contributed by atoms with Crippen molar-refractivity contribution in [2.24, 2.45) is 0 Å². The molecule has 0 spiro atoms. The molecule has 0 aliphatic carbocycles. The minimum absolute atomic E-state index is 0.0633. The second-order valence-electron chi connectivity index (χ2n) is 3.91. The summed E-state index contributed by atoms with van der Waals surface area (Å²) in [5.41, 5.74) is 0.807. The van der Waals surface area contributed by atoms with Crippen molar-refractivity contribution >= 4 is 21.4 Å². The Morgan fingerprint density at radius 3 is 2.50 bits per heavy atom. The van der Waals surface area contributed by atoms with E-state index in [0.29, 0.717) is 16.3 Å². The van der Waals surface area contributed by atoms with Gasteiger partial charge >= 0.3 is 0 Å². The van der Waals surface area contributed by atoms with Crippen LogP contribution < -0.4 is 0 Å². The van der Waals surface area contributed by atoms with E-state index in [0.717, 1.165) is 5.56 Å². The van der Waals surface area contributed by atoms with Gasteiger partial charge in [-0.2, -0.15) is 0 Å². The van der Waals surface area contributed by atoms with E-state index in [1.165, 1.54) is 0 Å². The molecule has 2 nitrogen and oxygen atoms in total. The molecule has 0 bridgehead atoms. The zero-order chi connectivity index (χ0) is 13.0. The van der Waals surface area contributed by atoms with Gasteiger partial charge in [-0.15, -0.1) is 0 Å². The summed E-state index contributed by atoms with van der Waals surface area (Å²) in [6.07, 6.45) is 0.414. The molecule has 2 aromatic rings. The van der Waals surface area contributed by atoms with Crippen LogP contribution in [0.15, 0.2) is 53.4 Å². The standard InChI is InChI=1S/C14H12ClO2S/c15-13-6-4-5-12(11-13)9-10-18(16,17)14-7-2-1-3-8-14/h1-4,6-8,11H,9-10H2. The molecule has 0 amide bonds. The average Bonchev–Trinajstić information content (AvgIpc) is 2.38. The number of hydrogen-bond donors (Lipinski definition) is 0. The number of sulfone groups is 1. The number of benzene rings is 2. The van der Waals surface area contributed by atoms with Crippen molar-refractivity contribution in [3.8, 4) is 0 Å². The summed E-state index contributed by atoms with van der Waals surface area (Å²) in [5, 5.41) is 0.598. The largest absolute Gasteiger partial charge is 0.224 e. The predicted octanol–water partition coefficient (Wildman–Crippen LogP) is 3.16. The molecule has 18 heavy (non-hydrogen) atoms. The summed E-state index contributed by atoms with van der Waals surface area (Å²) in [7, 11) is -3.23. The van der Waals surface area contributed by atoms with E-state index in [1.807, 2.05) is 0 Å². The van der Waals surface area contributed by atoms with Gasteiger partial charge in [-0.3, -0.25) is 0 Å². The monoisotopic (exact) mass is 279 g/mol. The first-order valence-electron chi connectivity index (χ1n) is 5.52. The van der Waals surface area contributed by atoms with Crippen molar-refractivity contribution in [3.05, 3.63) is 65.2 Å². The highest BCUT2D eigenvalue weighted by molar-refractivity contribution is 7.91. The molecule has 0 saturated heterocycles. The minimum Gasteiger partial charge on any atom is -0.224 e. The fraction of sp³-hybridized carbons (Fsp3) is 0.143.